The molecular weight excluding hydrogens is 292 g/mol. The zero-order valence-corrected chi connectivity index (χ0v) is 14.1. The van der Waals surface area contributed by atoms with Gasteiger partial charge in [-0.05, 0) is 18.6 Å². The summed E-state index contributed by atoms with van der Waals surface area (Å²) in [6.45, 7) is 9.02. The first-order valence-electron chi connectivity index (χ1n) is 6.59. The van der Waals surface area contributed by atoms with Gasteiger partial charge in [-0.25, -0.2) is 8.42 Å². The van der Waals surface area contributed by atoms with Crippen molar-refractivity contribution in [2.45, 2.75) is 44.5 Å². The number of rotatable bonds is 7. The molecule has 112 valence electrons. The third kappa shape index (κ3) is 4.06. The molecule has 0 aliphatic heterocycles. The predicted molar refractivity (Wildman–Crippen MR) is 84.3 cm³/mol. The van der Waals surface area contributed by atoms with Crippen molar-refractivity contribution in [1.82, 2.24) is 9.62 Å². The van der Waals surface area contributed by atoms with Crippen LogP contribution in [0, 0.1) is 19.3 Å². The molecule has 0 spiro atoms. The summed E-state index contributed by atoms with van der Waals surface area (Å²) in [5.41, 5.74) is 0.999. The fraction of sp³-hybridized carbons (Fsp3) is 0.571. The first kappa shape index (κ1) is 17.2. The third-order valence-electron chi connectivity index (χ3n) is 2.88. The molecule has 0 fully saturated rings. The molecule has 0 aliphatic rings. The summed E-state index contributed by atoms with van der Waals surface area (Å²) < 4.78 is 26.6. The zero-order chi connectivity index (χ0) is 15.3. The largest absolute Gasteiger partial charge is 0.310 e. The van der Waals surface area contributed by atoms with Gasteiger partial charge in [-0.3, -0.25) is 0 Å². The molecule has 0 saturated carbocycles. The number of thiophene rings is 1. The Hall–Kier alpha value is -0.870. The highest BCUT2D eigenvalue weighted by Crippen LogP contribution is 2.28. The summed E-state index contributed by atoms with van der Waals surface area (Å²) in [7, 11) is -3.47. The van der Waals surface area contributed by atoms with Crippen LogP contribution in [0.2, 0.25) is 0 Å². The predicted octanol–water partition coefficient (Wildman–Crippen LogP) is 2.20. The van der Waals surface area contributed by atoms with Crippen LogP contribution >= 0.6 is 11.3 Å². The van der Waals surface area contributed by atoms with Crippen LogP contribution in [0.3, 0.4) is 0 Å². The van der Waals surface area contributed by atoms with Crippen LogP contribution in [0.4, 0.5) is 0 Å². The van der Waals surface area contributed by atoms with E-state index in [1.807, 2.05) is 6.92 Å². The molecule has 1 aromatic heterocycles. The van der Waals surface area contributed by atoms with Gasteiger partial charge in [-0.15, -0.1) is 17.8 Å². The van der Waals surface area contributed by atoms with E-state index in [-0.39, 0.29) is 6.54 Å². The van der Waals surface area contributed by atoms with Crippen molar-refractivity contribution >= 4 is 21.4 Å². The van der Waals surface area contributed by atoms with Gasteiger partial charge in [0.25, 0.3) is 10.0 Å². The summed E-state index contributed by atoms with van der Waals surface area (Å²) in [5.74, 6) is 2.40. The van der Waals surface area contributed by atoms with Crippen molar-refractivity contribution in [2.75, 3.05) is 13.1 Å². The fourth-order valence-corrected chi connectivity index (χ4v) is 4.74. The maximum absolute atomic E-state index is 12.5. The van der Waals surface area contributed by atoms with Crippen molar-refractivity contribution < 1.29 is 8.42 Å². The number of nitrogens with zero attached hydrogens (tertiary/aromatic N) is 1. The van der Waals surface area contributed by atoms with Crippen LogP contribution in [0.25, 0.3) is 0 Å². The van der Waals surface area contributed by atoms with E-state index >= 15 is 0 Å². The lowest BCUT2D eigenvalue weighted by molar-refractivity contribution is 0.466. The molecule has 0 atom stereocenters. The lowest BCUT2D eigenvalue weighted by Crippen LogP contribution is -2.30. The van der Waals surface area contributed by atoms with Gasteiger partial charge in [-0.1, -0.05) is 26.7 Å². The van der Waals surface area contributed by atoms with Crippen molar-refractivity contribution in [3.8, 4) is 12.3 Å². The van der Waals surface area contributed by atoms with Gasteiger partial charge in [0.05, 0.1) is 6.54 Å². The van der Waals surface area contributed by atoms with Gasteiger partial charge >= 0.3 is 0 Å². The van der Waals surface area contributed by atoms with E-state index in [0.29, 0.717) is 23.3 Å². The number of aryl methyl sites for hydroxylation is 1. The molecule has 0 unspecified atom stereocenters. The topological polar surface area (TPSA) is 49.4 Å². The Kier molecular flexibility index (Phi) is 6.21. The van der Waals surface area contributed by atoms with E-state index in [2.05, 4.69) is 25.1 Å². The summed E-state index contributed by atoms with van der Waals surface area (Å²) in [4.78, 5) is 1.05. The zero-order valence-electron chi connectivity index (χ0n) is 12.4. The third-order valence-corrected chi connectivity index (χ3v) is 6.49. The Labute approximate surface area is 126 Å². The summed E-state index contributed by atoms with van der Waals surface area (Å²) >= 11 is 1.32. The van der Waals surface area contributed by atoms with Crippen molar-refractivity contribution in [3.63, 3.8) is 0 Å². The summed E-state index contributed by atoms with van der Waals surface area (Å²) in [5, 5.41) is 3.31. The lowest BCUT2D eigenvalue weighted by atomic mass is 10.3. The molecule has 0 saturated heterocycles. The van der Waals surface area contributed by atoms with Crippen LogP contribution in [0.5, 0.6) is 0 Å². The van der Waals surface area contributed by atoms with Gasteiger partial charge in [0, 0.05) is 24.0 Å². The first-order chi connectivity index (χ1) is 9.32. The van der Waals surface area contributed by atoms with E-state index in [1.165, 1.54) is 15.6 Å². The van der Waals surface area contributed by atoms with Crippen molar-refractivity contribution in [2.24, 2.45) is 0 Å². The Morgan fingerprint density at radius 3 is 2.65 bits per heavy atom. The standard InChI is InChI=1S/C14H22N2O2S2/c1-6-8-16(7-2)20(17,18)14-9-12(5)13(19-14)10-15-11(3)4/h1,9,11,15H,7-8,10H2,2-5H3. The highest BCUT2D eigenvalue weighted by molar-refractivity contribution is 7.91. The van der Waals surface area contributed by atoms with Crippen LogP contribution in [0.15, 0.2) is 10.3 Å². The van der Waals surface area contributed by atoms with Crippen LogP contribution in [0.1, 0.15) is 31.2 Å². The molecule has 1 N–H and O–H groups in total. The van der Waals surface area contributed by atoms with Gasteiger partial charge in [-0.2, -0.15) is 4.31 Å². The fourth-order valence-electron chi connectivity index (χ4n) is 1.68. The molecule has 20 heavy (non-hydrogen) atoms. The quantitative estimate of drug-likeness (QED) is 0.785. The summed E-state index contributed by atoms with van der Waals surface area (Å²) in [6.07, 6.45) is 5.23. The molecule has 0 radical (unpaired) electrons. The second-order valence-electron chi connectivity index (χ2n) is 4.84. The molecule has 4 nitrogen and oxygen atoms in total. The molecule has 0 bridgehead atoms. The van der Waals surface area contributed by atoms with Crippen LogP contribution < -0.4 is 5.32 Å². The minimum Gasteiger partial charge on any atom is -0.310 e. The SMILES string of the molecule is C#CCN(CC)S(=O)(=O)c1cc(C)c(CNC(C)C)s1. The number of terminal acetylenes is 1. The minimum absolute atomic E-state index is 0.107. The number of hydrogen-bond donors (Lipinski definition) is 1. The molecular formula is C14H22N2O2S2. The van der Waals surface area contributed by atoms with Crippen molar-refractivity contribution in [3.05, 3.63) is 16.5 Å². The van der Waals surface area contributed by atoms with Gasteiger partial charge in [0.1, 0.15) is 4.21 Å². The number of hydrogen-bond acceptors (Lipinski definition) is 4. The monoisotopic (exact) mass is 314 g/mol. The average Bonchev–Trinajstić information content (AvgIpc) is 2.75. The maximum atomic E-state index is 12.5. The smallest absolute Gasteiger partial charge is 0.253 e. The second-order valence-corrected chi connectivity index (χ2v) is 8.14. The number of nitrogens with one attached hydrogen (secondary N) is 1. The highest BCUT2D eigenvalue weighted by Gasteiger charge is 2.25. The lowest BCUT2D eigenvalue weighted by Gasteiger charge is -2.16. The normalized spacial score (nSPS) is 12.1. The molecule has 1 heterocycles. The van der Waals surface area contributed by atoms with E-state index in [4.69, 9.17) is 6.42 Å². The molecule has 0 amide bonds. The van der Waals surface area contributed by atoms with Crippen LogP contribution in [-0.4, -0.2) is 31.9 Å². The molecule has 1 aromatic rings. The minimum atomic E-state index is -3.47. The average molecular weight is 314 g/mol. The maximum Gasteiger partial charge on any atom is 0.253 e. The van der Waals surface area contributed by atoms with Crippen molar-refractivity contribution in [1.29, 1.82) is 0 Å². The second kappa shape index (κ2) is 7.23. The highest BCUT2D eigenvalue weighted by atomic mass is 32.2. The Balaban J connectivity index is 3.02. The van der Waals surface area contributed by atoms with Crippen LogP contribution in [-0.2, 0) is 16.6 Å². The van der Waals surface area contributed by atoms with Gasteiger partial charge < -0.3 is 5.32 Å². The van der Waals surface area contributed by atoms with E-state index in [0.717, 1.165) is 10.4 Å². The van der Waals surface area contributed by atoms with E-state index in [1.54, 1.807) is 13.0 Å². The molecule has 0 aliphatic carbocycles. The molecule has 6 heteroatoms. The Morgan fingerprint density at radius 1 is 1.50 bits per heavy atom. The molecule has 0 aromatic carbocycles. The Bertz CT molecular complexity index is 583. The molecule has 1 rings (SSSR count). The Morgan fingerprint density at radius 2 is 2.15 bits per heavy atom. The van der Waals surface area contributed by atoms with Gasteiger partial charge in [0.2, 0.25) is 0 Å². The van der Waals surface area contributed by atoms with Gasteiger partial charge in [0.15, 0.2) is 0 Å². The first-order valence-corrected chi connectivity index (χ1v) is 8.84. The van der Waals surface area contributed by atoms with E-state index in [9.17, 15) is 8.42 Å². The number of sulfonamides is 1. The summed E-state index contributed by atoms with van der Waals surface area (Å²) in [6, 6.07) is 2.10. The van der Waals surface area contributed by atoms with E-state index < -0.39 is 10.0 Å².